The van der Waals surface area contributed by atoms with Gasteiger partial charge < -0.3 is 17.3 Å². The second-order valence-corrected chi connectivity index (χ2v) is 10.1. The molecule has 10 nitrogen and oxygen atoms in total. The van der Waals surface area contributed by atoms with E-state index in [2.05, 4.69) is 3.07 Å². The Balaban J connectivity index is 1.71. The van der Waals surface area contributed by atoms with E-state index in [-0.39, 0.29) is 19.8 Å². The van der Waals surface area contributed by atoms with Crippen molar-refractivity contribution in [2.45, 2.75) is 39.1 Å². The fourth-order valence-corrected chi connectivity index (χ4v) is 4.36. The van der Waals surface area contributed by atoms with Gasteiger partial charge in [-0.1, -0.05) is 91.0 Å². The molecule has 0 fully saturated rings. The molecule has 39 heavy (non-hydrogen) atoms. The second-order valence-electron chi connectivity index (χ2n) is 8.00. The Morgan fingerprint density at radius 1 is 0.718 bits per heavy atom. The van der Waals surface area contributed by atoms with Crippen molar-refractivity contribution in [3.8, 4) is 0 Å². The van der Waals surface area contributed by atoms with Crippen molar-refractivity contribution in [3.05, 3.63) is 108 Å². The Morgan fingerprint density at radius 3 is 1.64 bits per heavy atom. The van der Waals surface area contributed by atoms with Gasteiger partial charge in [-0.05, 0) is 16.7 Å². The first-order valence-corrected chi connectivity index (χ1v) is 14.2. The van der Waals surface area contributed by atoms with Crippen molar-refractivity contribution in [2.24, 2.45) is 0 Å². The van der Waals surface area contributed by atoms with Gasteiger partial charge in [0.05, 0.1) is 26.4 Å². The van der Waals surface area contributed by atoms with Crippen LogP contribution in [0.25, 0.3) is 0 Å². The molecule has 0 bridgehead atoms. The number of phosphoric ester groups is 1. The third-order valence-corrected chi connectivity index (χ3v) is 6.73. The second kappa shape index (κ2) is 16.3. The zero-order valence-electron chi connectivity index (χ0n) is 21.1. The number of phosphoric acid groups is 1. The summed E-state index contributed by atoms with van der Waals surface area (Å²) in [6.45, 7) is 0.703. The van der Waals surface area contributed by atoms with Crippen molar-refractivity contribution in [1.29, 1.82) is 0 Å². The van der Waals surface area contributed by atoms with Crippen LogP contribution >= 0.6 is 30.8 Å². The standard InChI is InChI=1S/C27H28IO10P/c1-21(37-27(30)38-28)36-26(29)25(32-17-22-11-5-2-6-12-22)20-35-39(31,33-18-23-13-7-3-8-14-23)34-19-24-15-9-4-10-16-24/h2-16,21,25H,17-20H2,1H3. The summed E-state index contributed by atoms with van der Waals surface area (Å²) in [5.41, 5.74) is 2.26. The third-order valence-electron chi connectivity index (χ3n) is 5.01. The third kappa shape index (κ3) is 11.5. The van der Waals surface area contributed by atoms with Crippen LogP contribution in [-0.2, 0) is 60.0 Å². The van der Waals surface area contributed by atoms with Gasteiger partial charge in [0.1, 0.15) is 0 Å². The average Bonchev–Trinajstić information content (AvgIpc) is 2.96. The number of hydrogen-bond acceptors (Lipinski definition) is 10. The highest BCUT2D eigenvalue weighted by Gasteiger charge is 2.33. The molecule has 208 valence electrons. The maximum atomic E-state index is 13.6. The largest absolute Gasteiger partial charge is 0.521 e. The van der Waals surface area contributed by atoms with Crippen molar-refractivity contribution in [1.82, 2.24) is 0 Å². The lowest BCUT2D eigenvalue weighted by molar-refractivity contribution is -0.182. The molecule has 0 aliphatic heterocycles. The number of halogens is 1. The molecule has 12 heteroatoms. The fourth-order valence-electron chi connectivity index (χ4n) is 3.10. The molecule has 0 heterocycles. The molecule has 2 atom stereocenters. The number of rotatable bonds is 15. The van der Waals surface area contributed by atoms with Crippen molar-refractivity contribution < 1.29 is 45.0 Å². The molecule has 0 saturated heterocycles. The maximum absolute atomic E-state index is 13.6. The van der Waals surface area contributed by atoms with E-state index in [4.69, 9.17) is 27.8 Å². The van der Waals surface area contributed by atoms with E-state index in [0.717, 1.165) is 16.7 Å². The van der Waals surface area contributed by atoms with Crippen LogP contribution in [0.1, 0.15) is 23.6 Å². The molecule has 0 radical (unpaired) electrons. The first kappa shape index (κ1) is 30.7. The van der Waals surface area contributed by atoms with E-state index in [1.165, 1.54) is 29.9 Å². The van der Waals surface area contributed by atoms with E-state index in [1.807, 2.05) is 66.7 Å². The summed E-state index contributed by atoms with van der Waals surface area (Å²) >= 11 is 1.34. The molecule has 0 aromatic heterocycles. The topological polar surface area (TPSA) is 116 Å². The van der Waals surface area contributed by atoms with Crippen molar-refractivity contribution >= 4 is 43.0 Å². The average molecular weight is 670 g/mol. The number of carbonyl (C=O) groups is 2. The number of hydrogen-bond donors (Lipinski definition) is 0. The van der Waals surface area contributed by atoms with Crippen LogP contribution in [0.2, 0.25) is 0 Å². The highest BCUT2D eigenvalue weighted by molar-refractivity contribution is 14.1. The first-order chi connectivity index (χ1) is 18.9. The summed E-state index contributed by atoms with van der Waals surface area (Å²) in [6, 6.07) is 27.2. The summed E-state index contributed by atoms with van der Waals surface area (Å²) in [5.74, 6) is -0.919. The van der Waals surface area contributed by atoms with Crippen LogP contribution in [-0.4, -0.2) is 31.1 Å². The fraction of sp³-hybridized carbons (Fsp3) is 0.259. The number of benzene rings is 3. The lowest BCUT2D eigenvalue weighted by Crippen LogP contribution is -2.34. The van der Waals surface area contributed by atoms with Crippen LogP contribution < -0.4 is 0 Å². The lowest BCUT2D eigenvalue weighted by atomic mass is 10.2. The quantitative estimate of drug-likeness (QED) is 0.0766. The Labute approximate surface area is 240 Å². The Bertz CT molecular complexity index is 1150. The number of esters is 1. The molecule has 0 N–H and O–H groups in total. The minimum atomic E-state index is -4.20. The first-order valence-electron chi connectivity index (χ1n) is 11.8. The molecule has 0 amide bonds. The van der Waals surface area contributed by atoms with Crippen LogP contribution in [0.4, 0.5) is 4.79 Å². The van der Waals surface area contributed by atoms with Crippen LogP contribution in [0.15, 0.2) is 91.0 Å². The van der Waals surface area contributed by atoms with E-state index >= 15 is 0 Å². The molecule has 0 spiro atoms. The van der Waals surface area contributed by atoms with Gasteiger partial charge in [0.2, 0.25) is 6.29 Å². The molecular formula is C27H28IO10P. The van der Waals surface area contributed by atoms with E-state index in [1.54, 1.807) is 24.3 Å². The highest BCUT2D eigenvalue weighted by atomic mass is 127. The predicted molar refractivity (Wildman–Crippen MR) is 148 cm³/mol. The Kier molecular flexibility index (Phi) is 12.9. The van der Waals surface area contributed by atoms with Gasteiger partial charge in [0, 0.05) is 6.92 Å². The van der Waals surface area contributed by atoms with Gasteiger partial charge in [-0.15, -0.1) is 0 Å². The minimum absolute atomic E-state index is 0.0229. The molecule has 3 aromatic carbocycles. The van der Waals surface area contributed by atoms with Gasteiger partial charge in [-0.2, -0.15) is 0 Å². The molecule has 0 saturated carbocycles. The van der Waals surface area contributed by atoms with Crippen LogP contribution in [0.5, 0.6) is 0 Å². The normalized spacial score (nSPS) is 12.8. The smallest absolute Gasteiger partial charge is 0.423 e. The minimum Gasteiger partial charge on any atom is -0.423 e. The summed E-state index contributed by atoms with van der Waals surface area (Å²) < 4.78 is 50.4. The Morgan fingerprint density at radius 2 is 1.18 bits per heavy atom. The SMILES string of the molecule is CC(OC(=O)OI)OC(=O)C(COP(=O)(OCc1ccccc1)OCc1ccccc1)OCc1ccccc1. The summed E-state index contributed by atoms with van der Waals surface area (Å²) in [7, 11) is -4.20. The van der Waals surface area contributed by atoms with Gasteiger partial charge in [-0.25, -0.2) is 14.2 Å². The maximum Gasteiger partial charge on any atom is 0.521 e. The van der Waals surface area contributed by atoms with E-state index < -0.39 is 38.9 Å². The van der Waals surface area contributed by atoms with Crippen LogP contribution in [0, 0.1) is 0 Å². The molecular weight excluding hydrogens is 642 g/mol. The monoisotopic (exact) mass is 670 g/mol. The lowest BCUT2D eigenvalue weighted by Gasteiger charge is -2.23. The summed E-state index contributed by atoms with van der Waals surface area (Å²) in [6.07, 6.45) is -3.68. The van der Waals surface area contributed by atoms with Crippen molar-refractivity contribution in [2.75, 3.05) is 6.61 Å². The number of ether oxygens (including phenoxy) is 3. The number of carbonyl (C=O) groups excluding carboxylic acids is 2. The van der Waals surface area contributed by atoms with Gasteiger partial charge in [0.15, 0.2) is 29.1 Å². The molecule has 0 aliphatic rings. The molecule has 3 rings (SSSR count). The Hall–Kier alpha value is -2.80. The van der Waals surface area contributed by atoms with E-state index in [0.29, 0.717) is 0 Å². The van der Waals surface area contributed by atoms with Gasteiger partial charge in [-0.3, -0.25) is 13.6 Å². The summed E-state index contributed by atoms with van der Waals surface area (Å²) in [5, 5.41) is 0. The highest BCUT2D eigenvalue weighted by Crippen LogP contribution is 2.51. The zero-order chi connectivity index (χ0) is 27.9. The van der Waals surface area contributed by atoms with Crippen molar-refractivity contribution in [3.63, 3.8) is 0 Å². The predicted octanol–water partition coefficient (Wildman–Crippen LogP) is 6.52. The molecule has 3 aromatic rings. The summed E-state index contributed by atoms with van der Waals surface area (Å²) in [4.78, 5) is 24.2. The van der Waals surface area contributed by atoms with Gasteiger partial charge in [0.25, 0.3) is 0 Å². The van der Waals surface area contributed by atoms with Gasteiger partial charge >= 0.3 is 19.9 Å². The molecule has 2 unspecified atom stereocenters. The van der Waals surface area contributed by atoms with Crippen LogP contribution in [0.3, 0.4) is 0 Å². The zero-order valence-corrected chi connectivity index (χ0v) is 24.1. The molecule has 0 aliphatic carbocycles. The van der Waals surface area contributed by atoms with E-state index in [9.17, 15) is 14.2 Å².